The lowest BCUT2D eigenvalue weighted by Crippen LogP contribution is -2.31. The molecule has 0 fully saturated rings. The Morgan fingerprint density at radius 2 is 2.21 bits per heavy atom. The number of ether oxygens (including phenoxy) is 2. The van der Waals surface area contributed by atoms with Crippen molar-refractivity contribution < 1.29 is 28.6 Å². The van der Waals surface area contributed by atoms with Crippen LogP contribution >= 0.6 is 0 Å². The highest BCUT2D eigenvalue weighted by Gasteiger charge is 2.35. The highest BCUT2D eigenvalue weighted by molar-refractivity contribution is 6.08. The van der Waals surface area contributed by atoms with Gasteiger partial charge in [-0.25, -0.2) is 9.18 Å². The van der Waals surface area contributed by atoms with E-state index in [1.807, 2.05) is 0 Å². The molecule has 0 saturated heterocycles. The number of aliphatic hydroxyl groups excluding tert-OH is 1. The summed E-state index contributed by atoms with van der Waals surface area (Å²) in [7, 11) is 1.20. The summed E-state index contributed by atoms with van der Waals surface area (Å²) >= 11 is 0. The molecule has 1 heterocycles. The molecule has 0 spiro atoms. The van der Waals surface area contributed by atoms with Crippen LogP contribution < -0.4 is 10.1 Å². The van der Waals surface area contributed by atoms with Crippen LogP contribution in [0.25, 0.3) is 0 Å². The first kappa shape index (κ1) is 17.7. The molecule has 2 rings (SSSR count). The third-order valence-corrected chi connectivity index (χ3v) is 3.48. The first-order valence-electron chi connectivity index (χ1n) is 7.43. The van der Waals surface area contributed by atoms with E-state index in [9.17, 15) is 14.0 Å². The second kappa shape index (κ2) is 7.78. The van der Waals surface area contributed by atoms with Crippen molar-refractivity contribution >= 4 is 17.6 Å². The number of para-hydroxylation sites is 1. The summed E-state index contributed by atoms with van der Waals surface area (Å²) in [5, 5.41) is 11.7. The van der Waals surface area contributed by atoms with E-state index in [0.717, 1.165) is 0 Å². The Bertz CT molecular complexity index is 674. The number of halogens is 1. The van der Waals surface area contributed by atoms with Gasteiger partial charge in [0.1, 0.15) is 23.0 Å². The molecule has 0 atom stereocenters. The van der Waals surface area contributed by atoms with E-state index in [0.29, 0.717) is 6.61 Å². The number of esters is 1. The lowest BCUT2D eigenvalue weighted by Gasteiger charge is -2.16. The van der Waals surface area contributed by atoms with Crippen LogP contribution in [0.1, 0.15) is 6.92 Å². The smallest absolute Gasteiger partial charge is 0.337 e. The third kappa shape index (κ3) is 3.48. The molecule has 7 nitrogen and oxygen atoms in total. The zero-order chi connectivity index (χ0) is 17.7. The summed E-state index contributed by atoms with van der Waals surface area (Å²) in [4.78, 5) is 25.6. The van der Waals surface area contributed by atoms with E-state index < -0.39 is 17.7 Å². The fraction of sp³-hybridized carbons (Fsp3) is 0.375. The van der Waals surface area contributed by atoms with Gasteiger partial charge < -0.3 is 24.8 Å². The van der Waals surface area contributed by atoms with Gasteiger partial charge in [0.2, 0.25) is 0 Å². The molecule has 1 aliphatic rings. The van der Waals surface area contributed by atoms with Crippen LogP contribution in [0, 0.1) is 5.82 Å². The van der Waals surface area contributed by atoms with E-state index in [4.69, 9.17) is 9.84 Å². The zero-order valence-corrected chi connectivity index (χ0v) is 13.5. The minimum Gasteiger partial charge on any atom is -0.492 e. The minimum atomic E-state index is -0.694. The van der Waals surface area contributed by atoms with E-state index >= 15 is 0 Å². The predicted octanol–water partition coefficient (Wildman–Crippen LogP) is 0.898. The van der Waals surface area contributed by atoms with Gasteiger partial charge >= 0.3 is 5.97 Å². The molecule has 0 saturated carbocycles. The number of anilines is 1. The SMILES string of the molecule is CCOc1cccc(F)c1NC1=C(C(=O)OC)CN(CCO)C1=O. The monoisotopic (exact) mass is 338 g/mol. The molecule has 0 aromatic heterocycles. The standard InChI is InChI=1S/C16H19FN2O5/c1-3-24-12-6-4-5-11(17)14(12)18-13-10(16(22)23-2)9-19(7-8-20)15(13)21/h4-6,18,20H,3,7-9H2,1-2H3. The summed E-state index contributed by atoms with van der Waals surface area (Å²) < 4.78 is 24.2. The fourth-order valence-corrected chi connectivity index (χ4v) is 2.38. The lowest BCUT2D eigenvalue weighted by atomic mass is 10.2. The van der Waals surface area contributed by atoms with Crippen molar-refractivity contribution in [2.75, 3.05) is 38.7 Å². The van der Waals surface area contributed by atoms with Gasteiger partial charge in [0, 0.05) is 6.54 Å². The maximum Gasteiger partial charge on any atom is 0.337 e. The number of nitrogens with zero attached hydrogens (tertiary/aromatic N) is 1. The Labute approximate surface area is 138 Å². The molecule has 0 radical (unpaired) electrons. The normalized spacial score (nSPS) is 14.2. The summed E-state index contributed by atoms with van der Waals surface area (Å²) in [5.74, 6) is -1.61. The average molecular weight is 338 g/mol. The first-order valence-corrected chi connectivity index (χ1v) is 7.43. The summed E-state index contributed by atoms with van der Waals surface area (Å²) in [6.07, 6.45) is 0. The quantitative estimate of drug-likeness (QED) is 0.718. The highest BCUT2D eigenvalue weighted by atomic mass is 19.1. The zero-order valence-electron chi connectivity index (χ0n) is 13.5. The number of hydrogen-bond donors (Lipinski definition) is 2. The molecular weight excluding hydrogens is 319 g/mol. The van der Waals surface area contributed by atoms with Gasteiger partial charge in [-0.05, 0) is 19.1 Å². The van der Waals surface area contributed by atoms with Gasteiger partial charge in [-0.2, -0.15) is 0 Å². The maximum absolute atomic E-state index is 14.2. The van der Waals surface area contributed by atoms with Gasteiger partial charge in [-0.1, -0.05) is 6.07 Å². The summed E-state index contributed by atoms with van der Waals surface area (Å²) in [6.45, 7) is 1.84. The molecule has 1 aromatic rings. The van der Waals surface area contributed by atoms with Gasteiger partial charge in [0.25, 0.3) is 5.91 Å². The van der Waals surface area contributed by atoms with E-state index in [1.165, 1.54) is 24.1 Å². The number of benzene rings is 1. The highest BCUT2D eigenvalue weighted by Crippen LogP contribution is 2.31. The minimum absolute atomic E-state index is 0.0210. The average Bonchev–Trinajstić information content (AvgIpc) is 2.87. The summed E-state index contributed by atoms with van der Waals surface area (Å²) in [6, 6.07) is 4.25. The van der Waals surface area contributed by atoms with Crippen molar-refractivity contribution in [2.24, 2.45) is 0 Å². The van der Waals surface area contributed by atoms with Crippen molar-refractivity contribution in [3.8, 4) is 5.75 Å². The fourth-order valence-electron chi connectivity index (χ4n) is 2.38. The van der Waals surface area contributed by atoms with Gasteiger partial charge in [-0.15, -0.1) is 0 Å². The van der Waals surface area contributed by atoms with E-state index in [2.05, 4.69) is 10.1 Å². The number of aliphatic hydroxyl groups is 1. The molecule has 0 aliphatic carbocycles. The van der Waals surface area contributed by atoms with Gasteiger partial charge in [0.15, 0.2) is 0 Å². The number of nitrogens with one attached hydrogen (secondary N) is 1. The molecule has 1 aliphatic heterocycles. The van der Waals surface area contributed by atoms with Crippen LogP contribution in [0.2, 0.25) is 0 Å². The van der Waals surface area contributed by atoms with Crippen molar-refractivity contribution in [1.82, 2.24) is 4.90 Å². The molecule has 24 heavy (non-hydrogen) atoms. The molecule has 0 unspecified atom stereocenters. The number of carbonyl (C=O) groups is 2. The van der Waals surface area contributed by atoms with Crippen molar-refractivity contribution in [2.45, 2.75) is 6.92 Å². The second-order valence-electron chi connectivity index (χ2n) is 4.97. The maximum atomic E-state index is 14.2. The van der Waals surface area contributed by atoms with Gasteiger partial charge in [0.05, 0.1) is 32.4 Å². The molecule has 0 bridgehead atoms. The van der Waals surface area contributed by atoms with Crippen molar-refractivity contribution in [3.63, 3.8) is 0 Å². The van der Waals surface area contributed by atoms with Crippen LogP contribution in [-0.2, 0) is 14.3 Å². The number of carbonyl (C=O) groups excluding carboxylic acids is 2. The Kier molecular flexibility index (Phi) is 5.75. The molecule has 1 amide bonds. The topological polar surface area (TPSA) is 88.1 Å². The lowest BCUT2D eigenvalue weighted by molar-refractivity contribution is -0.136. The molecule has 130 valence electrons. The molecule has 2 N–H and O–H groups in total. The van der Waals surface area contributed by atoms with Gasteiger partial charge in [-0.3, -0.25) is 4.79 Å². The van der Waals surface area contributed by atoms with Crippen LogP contribution in [0.5, 0.6) is 5.75 Å². The third-order valence-electron chi connectivity index (χ3n) is 3.48. The van der Waals surface area contributed by atoms with Crippen LogP contribution in [0.4, 0.5) is 10.1 Å². The number of hydrogen-bond acceptors (Lipinski definition) is 6. The number of amides is 1. The van der Waals surface area contributed by atoms with Crippen LogP contribution in [0.15, 0.2) is 29.5 Å². The molecule has 8 heteroatoms. The number of rotatable bonds is 7. The van der Waals surface area contributed by atoms with Crippen molar-refractivity contribution in [1.29, 1.82) is 0 Å². The molecule has 1 aromatic carbocycles. The van der Waals surface area contributed by atoms with Crippen molar-refractivity contribution in [3.05, 3.63) is 35.3 Å². The second-order valence-corrected chi connectivity index (χ2v) is 4.97. The Morgan fingerprint density at radius 1 is 1.46 bits per heavy atom. The first-order chi connectivity index (χ1) is 11.5. The Morgan fingerprint density at radius 3 is 2.83 bits per heavy atom. The van der Waals surface area contributed by atoms with Crippen LogP contribution in [0.3, 0.4) is 0 Å². The number of methoxy groups -OCH3 is 1. The molecular formula is C16H19FN2O5. The largest absolute Gasteiger partial charge is 0.492 e. The number of β-amino-alcohol motifs (C(OH)–C–C–N with tert-alkyl or cyclic N) is 1. The van der Waals surface area contributed by atoms with E-state index in [1.54, 1.807) is 13.0 Å². The summed E-state index contributed by atoms with van der Waals surface area (Å²) in [5.41, 5.74) is -0.0436. The van der Waals surface area contributed by atoms with Crippen LogP contribution in [-0.4, -0.2) is 55.3 Å². The Hall–Kier alpha value is -2.61. The van der Waals surface area contributed by atoms with E-state index in [-0.39, 0.29) is 42.4 Å². The predicted molar refractivity (Wildman–Crippen MR) is 83.9 cm³/mol. The Balaban J connectivity index is 2.41.